The molecule has 1 atom stereocenters. The molecule has 1 saturated carbocycles. The van der Waals surface area contributed by atoms with Crippen molar-refractivity contribution in [1.29, 1.82) is 5.26 Å². The summed E-state index contributed by atoms with van der Waals surface area (Å²) in [6.45, 7) is 6.46. The fraction of sp³-hybridized carbons (Fsp3) is 0.463. The predicted molar refractivity (Wildman–Crippen MR) is 213 cm³/mol. The summed E-state index contributed by atoms with van der Waals surface area (Å²) in [6.07, 6.45) is 6.32. The molecule has 0 radical (unpaired) electrons. The minimum atomic E-state index is -0.909. The van der Waals surface area contributed by atoms with Gasteiger partial charge in [0.1, 0.15) is 29.2 Å². The molecule has 8 rings (SSSR count). The van der Waals surface area contributed by atoms with Crippen molar-refractivity contribution in [2.24, 2.45) is 11.7 Å². The number of ether oxygens (including phenoxy) is 1. The monoisotopic (exact) mass is 792 g/mol. The maximum Gasteiger partial charge on any atom is 0.278 e. The normalized spacial score (nSPS) is 22.5. The highest BCUT2D eigenvalue weighted by molar-refractivity contribution is 6.31. The van der Waals surface area contributed by atoms with Crippen LogP contribution in [0.4, 0.5) is 11.5 Å². The lowest BCUT2D eigenvalue weighted by atomic mass is 9.89. The van der Waals surface area contributed by atoms with Crippen molar-refractivity contribution < 1.29 is 19.1 Å². The highest BCUT2D eigenvalue weighted by Crippen LogP contribution is 2.33. The predicted octanol–water partition coefficient (Wildman–Crippen LogP) is 3.93. The molecule has 4 fully saturated rings. The summed E-state index contributed by atoms with van der Waals surface area (Å²) in [5, 5.41) is 18.5. The molecule has 2 aromatic heterocycles. The second kappa shape index (κ2) is 16.5. The van der Waals surface area contributed by atoms with E-state index in [2.05, 4.69) is 30.0 Å². The van der Waals surface area contributed by atoms with Crippen molar-refractivity contribution in [2.75, 3.05) is 55.6 Å². The number of carbonyl (C=O) groups excluding carboxylic acids is 3. The summed E-state index contributed by atoms with van der Waals surface area (Å²) in [5.74, 6) is 0.927. The van der Waals surface area contributed by atoms with E-state index in [1.165, 1.54) is 4.90 Å². The molecule has 2 aromatic carbocycles. The first kappa shape index (κ1) is 38.3. The number of nitrogens with two attached hydrogens (primary N) is 1. The maximum absolute atomic E-state index is 13.9. The number of nitriles is 1. The van der Waals surface area contributed by atoms with E-state index in [9.17, 15) is 19.2 Å². The number of halogens is 1. The molecule has 5 heterocycles. The van der Waals surface area contributed by atoms with Crippen molar-refractivity contribution in [2.45, 2.75) is 69.6 Å². The third kappa shape index (κ3) is 8.15. The van der Waals surface area contributed by atoms with Gasteiger partial charge in [-0.25, -0.2) is 4.98 Å². The number of piperidine rings is 2. The van der Waals surface area contributed by atoms with E-state index in [1.54, 1.807) is 36.5 Å². The summed E-state index contributed by atoms with van der Waals surface area (Å²) in [4.78, 5) is 65.1. The Balaban J connectivity index is 0.844. The number of hydrogen-bond donors (Lipinski definition) is 1. The van der Waals surface area contributed by atoms with Crippen LogP contribution in [0.2, 0.25) is 5.02 Å². The van der Waals surface area contributed by atoms with E-state index >= 15 is 0 Å². The fourth-order valence-electron chi connectivity index (χ4n) is 8.73. The Kier molecular flexibility index (Phi) is 11.1. The third-order valence-electron chi connectivity index (χ3n) is 12.0. The van der Waals surface area contributed by atoms with Crippen LogP contribution in [0.15, 0.2) is 59.5 Å². The number of carbonyl (C=O) groups is 3. The average molecular weight is 793 g/mol. The van der Waals surface area contributed by atoms with Crippen LogP contribution in [0, 0.1) is 17.2 Å². The number of likely N-dealkylation sites (tertiary alicyclic amines) is 1. The summed E-state index contributed by atoms with van der Waals surface area (Å²) in [7, 11) is 0. The van der Waals surface area contributed by atoms with E-state index in [0.29, 0.717) is 64.4 Å². The van der Waals surface area contributed by atoms with Gasteiger partial charge in [0.15, 0.2) is 0 Å². The molecule has 3 aliphatic heterocycles. The van der Waals surface area contributed by atoms with Crippen molar-refractivity contribution in [3.8, 4) is 11.8 Å². The van der Waals surface area contributed by atoms with Gasteiger partial charge >= 0.3 is 0 Å². The van der Waals surface area contributed by atoms with Crippen LogP contribution in [0.1, 0.15) is 73.3 Å². The summed E-state index contributed by atoms with van der Waals surface area (Å²) < 4.78 is 7.27. The van der Waals surface area contributed by atoms with E-state index in [-0.39, 0.29) is 30.9 Å². The minimum Gasteiger partial charge on any atom is -0.490 e. The largest absolute Gasteiger partial charge is 0.490 e. The van der Waals surface area contributed by atoms with Gasteiger partial charge in [0.05, 0.1) is 27.6 Å². The van der Waals surface area contributed by atoms with Gasteiger partial charge in [-0.2, -0.15) is 9.94 Å². The molecule has 0 bridgehead atoms. The molecular formula is C41H45ClN10O5. The van der Waals surface area contributed by atoms with Gasteiger partial charge in [-0.05, 0) is 93.3 Å². The van der Waals surface area contributed by atoms with Gasteiger partial charge in [-0.15, -0.1) is 5.10 Å². The Bertz CT molecular complexity index is 2250. The molecular weight excluding hydrogens is 748 g/mol. The van der Waals surface area contributed by atoms with Gasteiger partial charge in [0, 0.05) is 76.2 Å². The van der Waals surface area contributed by atoms with Crippen LogP contribution in [-0.2, 0) is 9.59 Å². The molecule has 3 saturated heterocycles. The zero-order valence-electron chi connectivity index (χ0n) is 31.6. The second-order valence-corrected chi connectivity index (χ2v) is 15.9. The Morgan fingerprint density at radius 1 is 0.895 bits per heavy atom. The lowest BCUT2D eigenvalue weighted by Gasteiger charge is -2.40. The number of rotatable bonds is 9. The number of piperazine rings is 1. The van der Waals surface area contributed by atoms with Crippen LogP contribution >= 0.6 is 11.6 Å². The number of hydrogen-bond acceptors (Lipinski definition) is 12. The molecule has 4 aromatic rings. The number of fused-ring (bicyclic) bond motifs is 1. The molecule has 0 spiro atoms. The highest BCUT2D eigenvalue weighted by atomic mass is 35.5. The minimum absolute atomic E-state index is 0.116. The maximum atomic E-state index is 13.9. The SMILES string of the molecule is N#Cc1ccc(OC2CCC(N3C(=O)CCC(n4nnc5cc(N6CCN(CC7CCN(c8ccc(C(N)=O)cn8)CC7)CC6)ccc5c4=O)C3=O)CC2)cc1Cl. The zero-order valence-corrected chi connectivity index (χ0v) is 32.4. The first-order valence-electron chi connectivity index (χ1n) is 19.7. The molecule has 1 aliphatic carbocycles. The van der Waals surface area contributed by atoms with Crippen molar-refractivity contribution in [1.82, 2.24) is 29.8 Å². The highest BCUT2D eigenvalue weighted by Gasteiger charge is 2.42. The van der Waals surface area contributed by atoms with Gasteiger partial charge in [0.25, 0.3) is 11.5 Å². The number of aromatic nitrogens is 4. The van der Waals surface area contributed by atoms with Crippen LogP contribution in [0.3, 0.4) is 0 Å². The number of nitrogens with zero attached hydrogens (tertiary/aromatic N) is 9. The number of pyridine rings is 1. The van der Waals surface area contributed by atoms with Crippen molar-refractivity contribution >= 4 is 51.7 Å². The van der Waals surface area contributed by atoms with Crippen molar-refractivity contribution in [3.63, 3.8) is 0 Å². The number of amides is 3. The topological polar surface area (TPSA) is 184 Å². The van der Waals surface area contributed by atoms with Gasteiger partial charge in [-0.3, -0.25) is 29.0 Å². The molecule has 296 valence electrons. The smallest absolute Gasteiger partial charge is 0.278 e. The molecule has 2 N–H and O–H groups in total. The van der Waals surface area contributed by atoms with Crippen LogP contribution in [0.5, 0.6) is 5.75 Å². The number of anilines is 2. The van der Waals surface area contributed by atoms with E-state index in [4.69, 9.17) is 27.3 Å². The van der Waals surface area contributed by atoms with Gasteiger partial charge in [0.2, 0.25) is 11.8 Å². The molecule has 4 aliphatic rings. The zero-order chi connectivity index (χ0) is 39.6. The quantitative estimate of drug-likeness (QED) is 0.242. The summed E-state index contributed by atoms with van der Waals surface area (Å²) in [5.41, 5.74) is 7.20. The first-order chi connectivity index (χ1) is 27.6. The second-order valence-electron chi connectivity index (χ2n) is 15.5. The van der Waals surface area contributed by atoms with E-state index in [1.807, 2.05) is 24.3 Å². The summed E-state index contributed by atoms with van der Waals surface area (Å²) >= 11 is 6.17. The third-order valence-corrected chi connectivity index (χ3v) is 12.3. The van der Waals surface area contributed by atoms with E-state index in [0.717, 1.165) is 74.8 Å². The molecule has 16 heteroatoms. The molecule has 57 heavy (non-hydrogen) atoms. The average Bonchev–Trinajstić information content (AvgIpc) is 3.22. The Labute approximate surface area is 334 Å². The van der Waals surface area contributed by atoms with Gasteiger partial charge in [-0.1, -0.05) is 16.8 Å². The number of benzene rings is 2. The van der Waals surface area contributed by atoms with Crippen LogP contribution < -0.4 is 25.8 Å². The fourth-order valence-corrected chi connectivity index (χ4v) is 8.95. The first-order valence-corrected chi connectivity index (χ1v) is 20.1. The van der Waals surface area contributed by atoms with Crippen LogP contribution in [0.25, 0.3) is 10.9 Å². The Hall–Kier alpha value is -5.59. The number of primary amides is 1. The van der Waals surface area contributed by atoms with E-state index < -0.39 is 23.4 Å². The molecule has 15 nitrogen and oxygen atoms in total. The Morgan fingerprint density at radius 2 is 1.67 bits per heavy atom. The molecule has 3 amide bonds. The summed E-state index contributed by atoms with van der Waals surface area (Å²) in [6, 6.07) is 15.0. The lowest BCUT2D eigenvalue weighted by molar-refractivity contribution is -0.155. The lowest BCUT2D eigenvalue weighted by Crippen LogP contribution is -2.53. The van der Waals surface area contributed by atoms with Crippen molar-refractivity contribution in [3.05, 3.63) is 81.2 Å². The Morgan fingerprint density at radius 3 is 2.35 bits per heavy atom. The van der Waals surface area contributed by atoms with Gasteiger partial charge < -0.3 is 20.3 Å². The number of imide groups is 1. The standard InChI is InChI=1S/C41H45ClN10O5/c42-34-22-32(6-1-27(34)23-43)57-31-7-3-29(4-8-31)51-38(53)12-10-36(41(51)56)52-40(55)33-9-5-30(21-35(33)46-47-52)49-19-17-48(18-20-49)25-26-13-15-50(16-14-26)37-11-2-28(24-45-37)39(44)54/h1-2,5-6,9,11,21-22,24,26,29,31,36H,3-4,7-8,10,12-20,25H2,(H2,44,54). The van der Waals surface area contributed by atoms with Crippen LogP contribution in [-0.4, -0.2) is 105 Å². The molecule has 1 unspecified atom stereocenters.